The van der Waals surface area contributed by atoms with Crippen LogP contribution in [0.1, 0.15) is 11.1 Å². The molecule has 1 aromatic carbocycles. The molecule has 0 amide bonds. The Bertz CT molecular complexity index is 410. The number of aryl methyl sites for hydroxylation is 1. The molecule has 0 aliphatic heterocycles. The van der Waals surface area contributed by atoms with Crippen LogP contribution < -0.4 is 5.32 Å². The predicted octanol–water partition coefficient (Wildman–Crippen LogP) is 1.79. The number of anilines is 1. The minimum atomic E-state index is 0.602. The van der Waals surface area contributed by atoms with Crippen LogP contribution in [-0.2, 0) is 6.54 Å². The molecule has 0 aliphatic rings. The average molecular weight is 200 g/mol. The van der Waals surface area contributed by atoms with Gasteiger partial charge in [-0.3, -0.25) is 0 Å². The maximum atomic E-state index is 3.98. The lowest BCUT2D eigenvalue weighted by molar-refractivity contribution is 1.00. The zero-order chi connectivity index (χ0) is 10.5. The van der Waals surface area contributed by atoms with Gasteiger partial charge in [0.05, 0.1) is 0 Å². The Kier molecular flexibility index (Phi) is 2.88. The normalized spacial score (nSPS) is 9.93. The second-order valence-corrected chi connectivity index (χ2v) is 3.30. The maximum Gasteiger partial charge on any atom is 0.225 e. The van der Waals surface area contributed by atoms with Crippen LogP contribution in [0, 0.1) is 6.92 Å². The van der Waals surface area contributed by atoms with Gasteiger partial charge in [-0.25, -0.2) is 15.0 Å². The molecular weight excluding hydrogens is 188 g/mol. The Hall–Kier alpha value is -1.97. The topological polar surface area (TPSA) is 50.7 Å². The third-order valence-corrected chi connectivity index (χ3v) is 2.06. The molecule has 0 fully saturated rings. The van der Waals surface area contributed by atoms with Gasteiger partial charge in [-0.1, -0.05) is 29.8 Å². The van der Waals surface area contributed by atoms with E-state index in [1.165, 1.54) is 23.8 Å². The van der Waals surface area contributed by atoms with Gasteiger partial charge < -0.3 is 5.32 Å². The zero-order valence-electron chi connectivity index (χ0n) is 8.51. The number of hydrogen-bond acceptors (Lipinski definition) is 4. The fraction of sp³-hybridized carbons (Fsp3) is 0.182. The standard InChI is InChI=1S/C11H12N4/c1-9-2-4-10(5-3-9)6-13-11-14-7-12-8-15-11/h2-5,7-8H,6H2,1H3,(H,12,13,14,15). The summed E-state index contributed by atoms with van der Waals surface area (Å²) in [5.41, 5.74) is 2.47. The molecule has 1 N–H and O–H groups in total. The van der Waals surface area contributed by atoms with E-state index < -0.39 is 0 Å². The van der Waals surface area contributed by atoms with Gasteiger partial charge in [0.15, 0.2) is 0 Å². The molecule has 0 aliphatic carbocycles. The maximum absolute atomic E-state index is 3.98. The first-order valence-corrected chi connectivity index (χ1v) is 4.76. The molecule has 0 saturated heterocycles. The molecule has 0 unspecified atom stereocenters. The van der Waals surface area contributed by atoms with E-state index in [2.05, 4.69) is 51.5 Å². The molecule has 1 aromatic heterocycles. The molecule has 4 heteroatoms. The van der Waals surface area contributed by atoms with E-state index in [-0.39, 0.29) is 0 Å². The zero-order valence-corrected chi connectivity index (χ0v) is 8.51. The molecule has 0 radical (unpaired) electrons. The van der Waals surface area contributed by atoms with Crippen molar-refractivity contribution in [2.24, 2.45) is 0 Å². The summed E-state index contributed by atoms with van der Waals surface area (Å²) in [6.07, 6.45) is 2.95. The van der Waals surface area contributed by atoms with Gasteiger partial charge >= 0.3 is 0 Å². The van der Waals surface area contributed by atoms with Crippen LogP contribution >= 0.6 is 0 Å². The molecule has 2 rings (SSSR count). The van der Waals surface area contributed by atoms with Crippen molar-refractivity contribution in [3.63, 3.8) is 0 Å². The summed E-state index contributed by atoms with van der Waals surface area (Å²) >= 11 is 0. The lowest BCUT2D eigenvalue weighted by Crippen LogP contribution is -2.03. The Morgan fingerprint density at radius 1 is 1.07 bits per heavy atom. The number of aromatic nitrogens is 3. The molecule has 4 nitrogen and oxygen atoms in total. The monoisotopic (exact) mass is 200 g/mol. The van der Waals surface area contributed by atoms with Gasteiger partial charge in [-0.15, -0.1) is 0 Å². The summed E-state index contributed by atoms with van der Waals surface area (Å²) < 4.78 is 0. The largest absolute Gasteiger partial charge is 0.350 e. The second kappa shape index (κ2) is 4.50. The summed E-state index contributed by atoms with van der Waals surface area (Å²) in [7, 11) is 0. The smallest absolute Gasteiger partial charge is 0.225 e. The number of benzene rings is 1. The molecule has 0 atom stereocenters. The van der Waals surface area contributed by atoms with Crippen LogP contribution in [0.5, 0.6) is 0 Å². The van der Waals surface area contributed by atoms with E-state index in [1.807, 2.05) is 0 Å². The minimum Gasteiger partial charge on any atom is -0.350 e. The number of nitrogens with one attached hydrogen (secondary N) is 1. The van der Waals surface area contributed by atoms with Gasteiger partial charge in [0.2, 0.25) is 5.95 Å². The fourth-order valence-electron chi connectivity index (χ4n) is 1.22. The summed E-state index contributed by atoms with van der Waals surface area (Å²) in [5.74, 6) is 0.602. The van der Waals surface area contributed by atoms with E-state index in [1.54, 1.807) is 0 Å². The van der Waals surface area contributed by atoms with E-state index >= 15 is 0 Å². The van der Waals surface area contributed by atoms with Gasteiger partial charge in [0, 0.05) is 6.54 Å². The molecule has 0 spiro atoms. The van der Waals surface area contributed by atoms with Crippen molar-refractivity contribution in [3.8, 4) is 0 Å². The molecular formula is C11H12N4. The van der Waals surface area contributed by atoms with Crippen molar-refractivity contribution in [1.82, 2.24) is 15.0 Å². The first kappa shape index (κ1) is 9.58. The summed E-state index contributed by atoms with van der Waals surface area (Å²) in [6.45, 7) is 2.80. The van der Waals surface area contributed by atoms with Gasteiger partial charge in [0.1, 0.15) is 12.7 Å². The highest BCUT2D eigenvalue weighted by Gasteiger charge is 1.94. The van der Waals surface area contributed by atoms with Crippen LogP contribution in [0.2, 0.25) is 0 Å². The molecule has 15 heavy (non-hydrogen) atoms. The Morgan fingerprint density at radius 3 is 2.40 bits per heavy atom. The van der Waals surface area contributed by atoms with Crippen molar-refractivity contribution in [2.45, 2.75) is 13.5 Å². The minimum absolute atomic E-state index is 0.602. The van der Waals surface area contributed by atoms with Crippen molar-refractivity contribution in [1.29, 1.82) is 0 Å². The fourth-order valence-corrected chi connectivity index (χ4v) is 1.22. The third-order valence-electron chi connectivity index (χ3n) is 2.06. The van der Waals surface area contributed by atoms with E-state index in [9.17, 15) is 0 Å². The van der Waals surface area contributed by atoms with E-state index in [0.29, 0.717) is 5.95 Å². The number of nitrogens with zero attached hydrogens (tertiary/aromatic N) is 3. The third kappa shape index (κ3) is 2.74. The van der Waals surface area contributed by atoms with Crippen LogP contribution in [0.25, 0.3) is 0 Å². The van der Waals surface area contributed by atoms with Crippen LogP contribution in [-0.4, -0.2) is 15.0 Å². The lowest BCUT2D eigenvalue weighted by Gasteiger charge is -2.03. The first-order valence-electron chi connectivity index (χ1n) is 4.76. The Morgan fingerprint density at radius 2 is 1.73 bits per heavy atom. The van der Waals surface area contributed by atoms with Crippen LogP contribution in [0.15, 0.2) is 36.9 Å². The average Bonchev–Trinajstić information content (AvgIpc) is 2.30. The van der Waals surface area contributed by atoms with E-state index in [4.69, 9.17) is 0 Å². The predicted molar refractivity (Wildman–Crippen MR) is 58.3 cm³/mol. The number of rotatable bonds is 3. The van der Waals surface area contributed by atoms with Crippen molar-refractivity contribution in [2.75, 3.05) is 5.32 Å². The van der Waals surface area contributed by atoms with Gasteiger partial charge in [0.25, 0.3) is 0 Å². The summed E-state index contributed by atoms with van der Waals surface area (Å²) in [5, 5.41) is 3.12. The SMILES string of the molecule is Cc1ccc(CNc2ncncn2)cc1. The molecule has 0 bridgehead atoms. The Labute approximate surface area is 88.4 Å². The second-order valence-electron chi connectivity index (χ2n) is 3.30. The number of hydrogen-bond donors (Lipinski definition) is 1. The van der Waals surface area contributed by atoms with Gasteiger partial charge in [-0.2, -0.15) is 0 Å². The van der Waals surface area contributed by atoms with Crippen LogP contribution in [0.4, 0.5) is 5.95 Å². The highest BCUT2D eigenvalue weighted by Crippen LogP contribution is 2.04. The van der Waals surface area contributed by atoms with Gasteiger partial charge in [-0.05, 0) is 12.5 Å². The molecule has 1 heterocycles. The van der Waals surface area contributed by atoms with Crippen molar-refractivity contribution >= 4 is 5.95 Å². The summed E-state index contributed by atoms with van der Waals surface area (Å²) in [6, 6.07) is 8.35. The van der Waals surface area contributed by atoms with Crippen LogP contribution in [0.3, 0.4) is 0 Å². The quantitative estimate of drug-likeness (QED) is 0.820. The molecule has 2 aromatic rings. The summed E-state index contributed by atoms with van der Waals surface area (Å²) in [4.78, 5) is 11.7. The highest BCUT2D eigenvalue weighted by molar-refractivity contribution is 5.27. The highest BCUT2D eigenvalue weighted by atomic mass is 15.1. The molecule has 76 valence electrons. The van der Waals surface area contributed by atoms with E-state index in [0.717, 1.165) is 6.54 Å². The first-order chi connectivity index (χ1) is 7.34. The van der Waals surface area contributed by atoms with Crippen molar-refractivity contribution < 1.29 is 0 Å². The lowest BCUT2D eigenvalue weighted by atomic mass is 10.1. The molecule has 0 saturated carbocycles. The Balaban J connectivity index is 1.96. The van der Waals surface area contributed by atoms with Crippen molar-refractivity contribution in [3.05, 3.63) is 48.0 Å².